The number of ether oxygens (including phenoxy) is 2. The Bertz CT molecular complexity index is 978. The first-order valence-electron chi connectivity index (χ1n) is 8.46. The summed E-state index contributed by atoms with van der Waals surface area (Å²) in [4.78, 5) is 26.9. The van der Waals surface area contributed by atoms with Gasteiger partial charge in [-0.15, -0.1) is 22.7 Å². The van der Waals surface area contributed by atoms with Crippen molar-refractivity contribution in [1.29, 1.82) is 0 Å². The monoisotopic (exact) mass is 399 g/mol. The molecular formula is C20H17NO4S2. The zero-order valence-electron chi connectivity index (χ0n) is 14.6. The molecule has 7 heteroatoms. The van der Waals surface area contributed by atoms with Gasteiger partial charge in [-0.2, -0.15) is 0 Å². The Morgan fingerprint density at radius 3 is 2.93 bits per heavy atom. The molecule has 0 saturated heterocycles. The molecule has 5 nitrogen and oxygen atoms in total. The highest BCUT2D eigenvalue weighted by molar-refractivity contribution is 7.17. The van der Waals surface area contributed by atoms with Gasteiger partial charge in [-0.25, -0.2) is 4.79 Å². The van der Waals surface area contributed by atoms with E-state index in [4.69, 9.17) is 9.47 Å². The van der Waals surface area contributed by atoms with Gasteiger partial charge < -0.3 is 14.8 Å². The molecule has 0 spiro atoms. The van der Waals surface area contributed by atoms with Crippen LogP contribution in [0.1, 0.15) is 33.1 Å². The van der Waals surface area contributed by atoms with Crippen molar-refractivity contribution in [3.63, 3.8) is 0 Å². The van der Waals surface area contributed by atoms with E-state index < -0.39 is 5.97 Å². The summed E-state index contributed by atoms with van der Waals surface area (Å²) in [5.74, 6) is -0.00114. The van der Waals surface area contributed by atoms with Crippen LogP contribution >= 0.6 is 22.7 Å². The fourth-order valence-corrected chi connectivity index (χ4v) is 4.72. The molecule has 1 atom stereocenters. The number of carbonyl (C=O) groups is 2. The summed E-state index contributed by atoms with van der Waals surface area (Å²) in [6.45, 7) is 2.02. The van der Waals surface area contributed by atoms with E-state index in [1.165, 1.54) is 11.3 Å². The Morgan fingerprint density at radius 1 is 1.26 bits per heavy atom. The number of amides is 1. The summed E-state index contributed by atoms with van der Waals surface area (Å²) < 4.78 is 10.9. The first kappa shape index (κ1) is 17.8. The number of rotatable bonds is 5. The predicted molar refractivity (Wildman–Crippen MR) is 105 cm³/mol. The van der Waals surface area contributed by atoms with Gasteiger partial charge in [-0.1, -0.05) is 18.2 Å². The van der Waals surface area contributed by atoms with Crippen molar-refractivity contribution in [3.8, 4) is 16.2 Å². The lowest BCUT2D eigenvalue weighted by Gasteiger charge is -2.16. The summed E-state index contributed by atoms with van der Waals surface area (Å²) in [6, 6.07) is 13.3. The first-order chi connectivity index (χ1) is 13.1. The number of para-hydroxylation sites is 1. The van der Waals surface area contributed by atoms with Crippen LogP contribution in [0.3, 0.4) is 0 Å². The normalized spacial score (nSPS) is 13.1. The Balaban J connectivity index is 1.38. The Morgan fingerprint density at radius 2 is 2.11 bits per heavy atom. The van der Waals surface area contributed by atoms with Gasteiger partial charge in [-0.3, -0.25) is 4.79 Å². The molecule has 0 bridgehead atoms. The highest BCUT2D eigenvalue weighted by Gasteiger charge is 2.23. The summed E-state index contributed by atoms with van der Waals surface area (Å²) in [5.41, 5.74) is 1.94. The van der Waals surface area contributed by atoms with Crippen molar-refractivity contribution in [2.45, 2.75) is 19.6 Å². The largest absolute Gasteiger partial charge is 0.488 e. The van der Waals surface area contributed by atoms with Crippen molar-refractivity contribution in [1.82, 2.24) is 5.32 Å². The van der Waals surface area contributed by atoms with Gasteiger partial charge in [0.1, 0.15) is 17.2 Å². The second kappa shape index (κ2) is 7.54. The molecule has 1 aliphatic heterocycles. The fraction of sp³-hybridized carbons (Fsp3) is 0.200. The van der Waals surface area contributed by atoms with Crippen LogP contribution in [0.2, 0.25) is 0 Å². The second-order valence-corrected chi connectivity index (χ2v) is 8.16. The maximum absolute atomic E-state index is 12.4. The molecule has 0 fully saturated rings. The number of thiophene rings is 2. The van der Waals surface area contributed by atoms with Crippen LogP contribution in [0.5, 0.6) is 5.75 Å². The van der Waals surface area contributed by atoms with Crippen molar-refractivity contribution in [3.05, 3.63) is 63.2 Å². The van der Waals surface area contributed by atoms with E-state index in [1.54, 1.807) is 17.4 Å². The highest BCUT2D eigenvalue weighted by Crippen LogP contribution is 2.42. The number of benzene rings is 1. The number of nitrogens with one attached hydrogen (secondary N) is 1. The standard InChI is InChI=1S/C20H17NO4S2/c1-12(16-7-4-8-26-16)21-18(22)11-25-20(23)17-9-13-10-24-15-6-3-2-5-14(15)19(13)27-17/h2-9,12H,10-11H2,1H3,(H,21,22)/t12-/m1/s1. The SMILES string of the molecule is C[C@@H](NC(=O)COC(=O)c1cc2c(s1)-c1ccccc1OC2)c1cccs1. The lowest BCUT2D eigenvalue weighted by molar-refractivity contribution is -0.124. The number of esters is 1. The molecule has 1 aromatic carbocycles. The first-order valence-corrected chi connectivity index (χ1v) is 10.2. The maximum atomic E-state index is 12.4. The third kappa shape index (κ3) is 3.74. The quantitative estimate of drug-likeness (QED) is 0.646. The van der Waals surface area contributed by atoms with Crippen molar-refractivity contribution in [2.24, 2.45) is 0 Å². The van der Waals surface area contributed by atoms with Gasteiger partial charge in [0.05, 0.1) is 6.04 Å². The number of carbonyl (C=O) groups excluding carboxylic acids is 2. The Labute approximate surface area is 164 Å². The van der Waals surface area contributed by atoms with Crippen LogP contribution in [0.15, 0.2) is 47.8 Å². The minimum absolute atomic E-state index is 0.112. The van der Waals surface area contributed by atoms with Crippen LogP contribution in [0, 0.1) is 0 Å². The summed E-state index contributed by atoms with van der Waals surface area (Å²) in [5, 5.41) is 4.79. The van der Waals surface area contributed by atoms with Gasteiger partial charge in [-0.05, 0) is 36.6 Å². The predicted octanol–water partition coefficient (Wildman–Crippen LogP) is 4.40. The number of fused-ring (bicyclic) bond motifs is 3. The third-order valence-corrected chi connectivity index (χ3v) is 6.45. The smallest absolute Gasteiger partial charge is 0.348 e. The van der Waals surface area contributed by atoms with Crippen LogP contribution < -0.4 is 10.1 Å². The van der Waals surface area contributed by atoms with Crippen molar-refractivity contribution in [2.75, 3.05) is 6.61 Å². The Kier molecular flexibility index (Phi) is 4.96. The number of hydrogen-bond donors (Lipinski definition) is 1. The third-order valence-electron chi connectivity index (χ3n) is 4.21. The van der Waals surface area contributed by atoms with E-state index in [9.17, 15) is 9.59 Å². The van der Waals surface area contributed by atoms with Gasteiger partial charge in [0.25, 0.3) is 5.91 Å². The molecule has 0 saturated carbocycles. The van der Waals surface area contributed by atoms with Crippen molar-refractivity contribution < 1.29 is 19.1 Å². The average molecular weight is 399 g/mol. The molecule has 3 heterocycles. The zero-order valence-corrected chi connectivity index (χ0v) is 16.2. The maximum Gasteiger partial charge on any atom is 0.348 e. The molecular weight excluding hydrogens is 382 g/mol. The van der Waals surface area contributed by atoms with Gasteiger partial charge in [0.15, 0.2) is 6.61 Å². The summed E-state index contributed by atoms with van der Waals surface area (Å²) in [6.07, 6.45) is 0. The van der Waals surface area contributed by atoms with E-state index in [0.29, 0.717) is 11.5 Å². The fourth-order valence-electron chi connectivity index (χ4n) is 2.89. The molecule has 2 aromatic heterocycles. The molecule has 1 N–H and O–H groups in total. The van der Waals surface area contributed by atoms with Crippen LogP contribution in [-0.2, 0) is 16.1 Å². The Hall–Kier alpha value is -2.64. The molecule has 0 unspecified atom stereocenters. The average Bonchev–Trinajstić information content (AvgIpc) is 3.35. The van der Waals surface area contributed by atoms with Gasteiger partial charge in [0.2, 0.25) is 0 Å². The van der Waals surface area contributed by atoms with Crippen LogP contribution in [0.4, 0.5) is 0 Å². The molecule has 1 amide bonds. The van der Waals surface area contributed by atoms with Crippen LogP contribution in [-0.4, -0.2) is 18.5 Å². The summed E-state index contributed by atoms with van der Waals surface area (Å²) >= 11 is 2.94. The second-order valence-electron chi connectivity index (χ2n) is 6.13. The van der Waals surface area contributed by atoms with Gasteiger partial charge in [0, 0.05) is 20.9 Å². The zero-order chi connectivity index (χ0) is 18.8. The minimum atomic E-state index is -0.495. The summed E-state index contributed by atoms with van der Waals surface area (Å²) in [7, 11) is 0. The molecule has 27 heavy (non-hydrogen) atoms. The molecule has 138 valence electrons. The molecule has 0 aliphatic carbocycles. The van der Waals surface area contributed by atoms with E-state index in [1.807, 2.05) is 48.7 Å². The van der Waals surface area contributed by atoms with E-state index in [0.717, 1.165) is 26.6 Å². The lowest BCUT2D eigenvalue weighted by Crippen LogP contribution is -2.30. The minimum Gasteiger partial charge on any atom is -0.488 e. The van der Waals surface area contributed by atoms with Crippen molar-refractivity contribution >= 4 is 34.6 Å². The highest BCUT2D eigenvalue weighted by atomic mass is 32.1. The van der Waals surface area contributed by atoms with E-state index in [-0.39, 0.29) is 18.6 Å². The molecule has 4 rings (SSSR count). The molecule has 1 aliphatic rings. The molecule has 0 radical (unpaired) electrons. The van der Waals surface area contributed by atoms with E-state index >= 15 is 0 Å². The van der Waals surface area contributed by atoms with Gasteiger partial charge >= 0.3 is 5.97 Å². The van der Waals surface area contributed by atoms with Crippen LogP contribution in [0.25, 0.3) is 10.4 Å². The van der Waals surface area contributed by atoms with E-state index in [2.05, 4.69) is 5.32 Å². The topological polar surface area (TPSA) is 64.6 Å². The lowest BCUT2D eigenvalue weighted by atomic mass is 10.1. The number of hydrogen-bond acceptors (Lipinski definition) is 6. The molecule has 3 aromatic rings.